The molecule has 0 aliphatic carbocycles. The van der Waals surface area contributed by atoms with Crippen molar-refractivity contribution in [2.24, 2.45) is 0 Å². The van der Waals surface area contributed by atoms with Gasteiger partial charge in [0.25, 0.3) is 0 Å². The van der Waals surface area contributed by atoms with Crippen molar-refractivity contribution in [2.45, 2.75) is 17.1 Å². The molecule has 0 spiro atoms. The van der Waals surface area contributed by atoms with Gasteiger partial charge in [-0.3, -0.25) is 4.21 Å². The average Bonchev–Trinajstić information content (AvgIpc) is 2.17. The number of halogens is 1. The Morgan fingerprint density at radius 3 is 2.46 bits per heavy atom. The molecule has 0 bridgehead atoms. The summed E-state index contributed by atoms with van der Waals surface area (Å²) in [5.41, 5.74) is 0. The molecule has 0 aliphatic heterocycles. The predicted octanol–water partition coefficient (Wildman–Crippen LogP) is 2.36. The van der Waals surface area contributed by atoms with Gasteiger partial charge >= 0.3 is 0 Å². The van der Waals surface area contributed by atoms with E-state index in [0.29, 0.717) is 9.92 Å². The van der Waals surface area contributed by atoms with E-state index >= 15 is 0 Å². The quantitative estimate of drug-likeness (QED) is 0.757. The van der Waals surface area contributed by atoms with Crippen molar-refractivity contribution in [1.29, 1.82) is 5.26 Å². The SMILES string of the molecule is CC(C#N)S(=O)c1ccc(Cl)cc1. The first-order valence-electron chi connectivity index (χ1n) is 3.71. The third-order valence-corrected chi connectivity index (χ3v) is 3.29. The molecule has 0 aromatic heterocycles. The highest BCUT2D eigenvalue weighted by Gasteiger charge is 2.11. The molecule has 68 valence electrons. The number of rotatable bonds is 2. The Morgan fingerprint density at radius 2 is 2.00 bits per heavy atom. The molecule has 2 atom stereocenters. The van der Waals surface area contributed by atoms with Crippen LogP contribution in [0.15, 0.2) is 29.2 Å². The second kappa shape index (κ2) is 4.40. The van der Waals surface area contributed by atoms with Crippen LogP contribution in [0.3, 0.4) is 0 Å². The van der Waals surface area contributed by atoms with Crippen LogP contribution in [0.2, 0.25) is 5.02 Å². The normalized spacial score (nSPS) is 14.5. The highest BCUT2D eigenvalue weighted by molar-refractivity contribution is 7.86. The van der Waals surface area contributed by atoms with Gasteiger partial charge in [0.1, 0.15) is 5.25 Å². The summed E-state index contributed by atoms with van der Waals surface area (Å²) < 4.78 is 11.5. The van der Waals surface area contributed by atoms with Crippen molar-refractivity contribution < 1.29 is 4.21 Å². The summed E-state index contributed by atoms with van der Waals surface area (Å²) in [6, 6.07) is 8.62. The topological polar surface area (TPSA) is 40.9 Å². The fourth-order valence-electron chi connectivity index (χ4n) is 0.821. The van der Waals surface area contributed by atoms with Crippen LogP contribution in [0.5, 0.6) is 0 Å². The largest absolute Gasteiger partial charge is 0.253 e. The highest BCUT2D eigenvalue weighted by atomic mass is 35.5. The van der Waals surface area contributed by atoms with E-state index in [-0.39, 0.29) is 0 Å². The first-order valence-corrected chi connectivity index (χ1v) is 5.30. The number of nitriles is 1. The molecular formula is C9H8ClNOS. The van der Waals surface area contributed by atoms with Gasteiger partial charge in [0.15, 0.2) is 0 Å². The predicted molar refractivity (Wildman–Crippen MR) is 52.9 cm³/mol. The van der Waals surface area contributed by atoms with Gasteiger partial charge in [0.05, 0.1) is 16.9 Å². The Morgan fingerprint density at radius 1 is 1.46 bits per heavy atom. The van der Waals surface area contributed by atoms with Crippen LogP contribution in [0, 0.1) is 11.3 Å². The van der Waals surface area contributed by atoms with Gasteiger partial charge in [-0.05, 0) is 31.2 Å². The second-order valence-electron chi connectivity index (χ2n) is 2.52. The lowest BCUT2D eigenvalue weighted by Gasteiger charge is -2.02. The van der Waals surface area contributed by atoms with Crippen molar-refractivity contribution in [3.05, 3.63) is 29.3 Å². The van der Waals surface area contributed by atoms with E-state index in [2.05, 4.69) is 0 Å². The molecule has 0 saturated heterocycles. The molecule has 2 unspecified atom stereocenters. The van der Waals surface area contributed by atoms with E-state index in [1.54, 1.807) is 31.2 Å². The lowest BCUT2D eigenvalue weighted by atomic mass is 10.4. The lowest BCUT2D eigenvalue weighted by molar-refractivity contribution is 0.680. The van der Waals surface area contributed by atoms with Gasteiger partial charge in [0.2, 0.25) is 0 Å². The molecule has 0 N–H and O–H groups in total. The van der Waals surface area contributed by atoms with E-state index in [1.807, 2.05) is 6.07 Å². The van der Waals surface area contributed by atoms with Crippen molar-refractivity contribution in [3.8, 4) is 6.07 Å². The summed E-state index contributed by atoms with van der Waals surface area (Å²) in [6.07, 6.45) is 0. The van der Waals surface area contributed by atoms with Gasteiger partial charge < -0.3 is 0 Å². The Kier molecular flexibility index (Phi) is 3.47. The van der Waals surface area contributed by atoms with Crippen LogP contribution in [-0.2, 0) is 10.8 Å². The Hall–Kier alpha value is -0.850. The van der Waals surface area contributed by atoms with Gasteiger partial charge in [-0.25, -0.2) is 0 Å². The molecule has 0 heterocycles. The van der Waals surface area contributed by atoms with Crippen LogP contribution in [0.25, 0.3) is 0 Å². The zero-order chi connectivity index (χ0) is 9.84. The van der Waals surface area contributed by atoms with Crippen molar-refractivity contribution >= 4 is 22.4 Å². The number of hydrogen-bond acceptors (Lipinski definition) is 2. The zero-order valence-electron chi connectivity index (χ0n) is 7.03. The van der Waals surface area contributed by atoms with E-state index in [4.69, 9.17) is 16.9 Å². The first kappa shape index (κ1) is 10.2. The monoisotopic (exact) mass is 213 g/mol. The minimum atomic E-state index is -1.26. The van der Waals surface area contributed by atoms with Crippen LogP contribution in [0.1, 0.15) is 6.92 Å². The Labute approximate surface area is 84.6 Å². The van der Waals surface area contributed by atoms with Crippen molar-refractivity contribution in [1.82, 2.24) is 0 Å². The molecule has 4 heteroatoms. The fraction of sp³-hybridized carbons (Fsp3) is 0.222. The minimum Gasteiger partial charge on any atom is -0.253 e. The standard InChI is InChI=1S/C9H8ClNOS/c1-7(6-11)13(12)9-4-2-8(10)3-5-9/h2-5,7H,1H3. The minimum absolute atomic E-state index is 0.485. The first-order chi connectivity index (χ1) is 6.15. The summed E-state index contributed by atoms with van der Waals surface area (Å²) in [5, 5.41) is 8.67. The van der Waals surface area contributed by atoms with Gasteiger partial charge in [-0.15, -0.1) is 0 Å². The Bertz CT molecular complexity index is 355. The van der Waals surface area contributed by atoms with Gasteiger partial charge in [-0.2, -0.15) is 5.26 Å². The maximum absolute atomic E-state index is 11.5. The lowest BCUT2D eigenvalue weighted by Crippen LogP contribution is -2.07. The third kappa shape index (κ3) is 2.55. The van der Waals surface area contributed by atoms with Crippen LogP contribution < -0.4 is 0 Å². The number of hydrogen-bond donors (Lipinski definition) is 0. The molecule has 0 saturated carbocycles. The fourth-order valence-corrected chi connectivity index (χ4v) is 1.86. The molecule has 0 fully saturated rings. The molecular weight excluding hydrogens is 206 g/mol. The zero-order valence-corrected chi connectivity index (χ0v) is 8.60. The maximum atomic E-state index is 11.5. The van der Waals surface area contributed by atoms with Gasteiger partial charge in [-0.1, -0.05) is 11.6 Å². The molecule has 0 aliphatic rings. The van der Waals surface area contributed by atoms with Crippen LogP contribution in [0.4, 0.5) is 0 Å². The molecule has 13 heavy (non-hydrogen) atoms. The number of nitrogens with zero attached hydrogens (tertiary/aromatic N) is 1. The summed E-state index contributed by atoms with van der Waals surface area (Å²) in [7, 11) is -1.26. The number of benzene rings is 1. The van der Waals surface area contributed by atoms with Crippen molar-refractivity contribution in [2.75, 3.05) is 0 Å². The van der Waals surface area contributed by atoms with Gasteiger partial charge in [0, 0.05) is 9.92 Å². The summed E-state index contributed by atoms with van der Waals surface area (Å²) in [4.78, 5) is 0.637. The third-order valence-electron chi connectivity index (χ3n) is 1.55. The summed E-state index contributed by atoms with van der Waals surface area (Å²) >= 11 is 5.67. The Balaban J connectivity index is 2.91. The smallest absolute Gasteiger partial charge is 0.123 e. The van der Waals surface area contributed by atoms with E-state index in [0.717, 1.165) is 0 Å². The van der Waals surface area contributed by atoms with E-state index in [1.165, 1.54) is 0 Å². The second-order valence-corrected chi connectivity index (χ2v) is 4.73. The maximum Gasteiger partial charge on any atom is 0.123 e. The molecule has 2 nitrogen and oxygen atoms in total. The van der Waals surface area contributed by atoms with Crippen molar-refractivity contribution in [3.63, 3.8) is 0 Å². The van der Waals surface area contributed by atoms with Crippen LogP contribution >= 0.6 is 11.6 Å². The van der Waals surface area contributed by atoms with E-state index < -0.39 is 16.0 Å². The molecule has 1 aromatic carbocycles. The van der Waals surface area contributed by atoms with Crippen LogP contribution in [-0.4, -0.2) is 9.46 Å². The molecule has 1 aromatic rings. The van der Waals surface area contributed by atoms with E-state index in [9.17, 15) is 4.21 Å². The summed E-state index contributed by atoms with van der Waals surface area (Å²) in [6.45, 7) is 1.63. The average molecular weight is 214 g/mol. The summed E-state index contributed by atoms with van der Waals surface area (Å²) in [5.74, 6) is 0. The highest BCUT2D eigenvalue weighted by Crippen LogP contribution is 2.14. The molecule has 1 rings (SSSR count). The molecule has 0 amide bonds. The molecule has 0 radical (unpaired) electrons.